The van der Waals surface area contributed by atoms with Gasteiger partial charge >= 0.3 is 11.9 Å². The van der Waals surface area contributed by atoms with Crippen LogP contribution in [0.15, 0.2) is 78.9 Å². The number of benzene rings is 2. The van der Waals surface area contributed by atoms with Crippen LogP contribution in [0.1, 0.15) is 113 Å². The minimum atomic E-state index is -0.760. The van der Waals surface area contributed by atoms with E-state index >= 15 is 0 Å². The molecule has 2 aromatic carbocycles. The van der Waals surface area contributed by atoms with Gasteiger partial charge in [-0.2, -0.15) is 0 Å². The van der Waals surface area contributed by atoms with E-state index in [0.717, 1.165) is 62.5 Å². The Balaban J connectivity index is 0.000000281. The van der Waals surface area contributed by atoms with E-state index in [0.29, 0.717) is 44.5 Å². The summed E-state index contributed by atoms with van der Waals surface area (Å²) in [6, 6.07) is 16.8. The fourth-order valence-corrected chi connectivity index (χ4v) is 6.48. The predicted molar refractivity (Wildman–Crippen MR) is 199 cm³/mol. The molecule has 11 nitrogen and oxygen atoms in total. The van der Waals surface area contributed by atoms with Crippen LogP contribution in [0.2, 0.25) is 0 Å². The molecule has 2 saturated heterocycles. The number of nitrogens with zero attached hydrogens (tertiary/aromatic N) is 2. The average molecular weight is 721 g/mol. The molecule has 52 heavy (non-hydrogen) atoms. The van der Waals surface area contributed by atoms with Gasteiger partial charge in [-0.3, -0.25) is 19.2 Å². The number of rotatable bonds is 21. The highest BCUT2D eigenvalue weighted by atomic mass is 16.5. The third kappa shape index (κ3) is 15.0. The first-order valence-corrected chi connectivity index (χ1v) is 18.5. The standard InChI is InChI=1S/C21H29NO5.C20H27NO4/c1-27-18-8-6-7-16(15-18)19(23)12-10-17-11-13-20(24)22(17)14-5-3-2-4-9-21(25)26;22-18(16-8-4-3-5-9-16)13-11-17-12-14-19(23)21(17)15-7-2-1-6-10-20(24)25/h6-8,10,12,15,17,19,23H,2-5,9,11,13-14H2,1H3,(H,25,26);3-5,8-9,11,13,17-18,22H,1-2,6-7,10,12,14-15H2,(H,24,25)/t17-,19?;17-,18?/m00/s1. The first kappa shape index (κ1) is 41.9. The second kappa shape index (κ2) is 23.2. The van der Waals surface area contributed by atoms with Crippen LogP contribution in [-0.2, 0) is 19.2 Å². The SMILES string of the molecule is COc1cccc(C(O)C=C[C@H]2CCC(=O)N2CCCCCCC(=O)O)c1.O=C(O)CCCCCCN1C(=O)CC[C@@H]1C=CC(O)c1ccccc1. The van der Waals surface area contributed by atoms with Gasteiger partial charge in [-0.25, -0.2) is 0 Å². The predicted octanol–water partition coefficient (Wildman–Crippen LogP) is 6.61. The fourth-order valence-electron chi connectivity index (χ4n) is 6.48. The molecule has 4 atom stereocenters. The molecule has 2 unspecified atom stereocenters. The van der Waals surface area contributed by atoms with Crippen molar-refractivity contribution in [1.82, 2.24) is 9.80 Å². The van der Waals surface area contributed by atoms with Crippen molar-refractivity contribution < 1.29 is 44.3 Å². The molecule has 11 heteroatoms. The molecule has 2 aliphatic rings. The van der Waals surface area contributed by atoms with Crippen LogP contribution in [-0.4, -0.2) is 86.3 Å². The fraction of sp³-hybridized carbons (Fsp3) is 0.512. The van der Waals surface area contributed by atoms with Crippen molar-refractivity contribution in [1.29, 1.82) is 0 Å². The minimum absolute atomic E-state index is 0.0109. The van der Waals surface area contributed by atoms with Crippen LogP contribution in [0.3, 0.4) is 0 Å². The smallest absolute Gasteiger partial charge is 0.303 e. The van der Waals surface area contributed by atoms with E-state index in [2.05, 4.69) is 0 Å². The van der Waals surface area contributed by atoms with Crippen LogP contribution in [0.25, 0.3) is 0 Å². The number of carbonyl (C=O) groups is 4. The highest BCUT2D eigenvalue weighted by Gasteiger charge is 2.29. The summed E-state index contributed by atoms with van der Waals surface area (Å²) in [6.45, 7) is 1.37. The van der Waals surface area contributed by atoms with Crippen molar-refractivity contribution in [3.8, 4) is 5.75 Å². The molecule has 2 aromatic rings. The molecule has 2 fully saturated rings. The maximum Gasteiger partial charge on any atom is 0.303 e. The van der Waals surface area contributed by atoms with Gasteiger partial charge in [0, 0.05) is 38.8 Å². The van der Waals surface area contributed by atoms with Crippen molar-refractivity contribution >= 4 is 23.8 Å². The number of aliphatic hydroxyl groups excluding tert-OH is 2. The first-order chi connectivity index (χ1) is 25.1. The summed E-state index contributed by atoms with van der Waals surface area (Å²) in [5.41, 5.74) is 1.59. The van der Waals surface area contributed by atoms with Crippen LogP contribution < -0.4 is 4.74 Å². The lowest BCUT2D eigenvalue weighted by Crippen LogP contribution is -2.32. The van der Waals surface area contributed by atoms with E-state index < -0.39 is 24.1 Å². The molecule has 0 aliphatic carbocycles. The normalized spacial score (nSPS) is 18.5. The van der Waals surface area contributed by atoms with E-state index in [1.165, 1.54) is 0 Å². The molecule has 2 amide bonds. The lowest BCUT2D eigenvalue weighted by Gasteiger charge is -2.22. The molecule has 0 radical (unpaired) electrons. The average Bonchev–Trinajstić information content (AvgIpc) is 3.69. The number of methoxy groups -OCH3 is 1. The molecule has 4 rings (SSSR count). The highest BCUT2D eigenvalue weighted by molar-refractivity contribution is 5.79. The Hall–Kier alpha value is -4.48. The Kier molecular flexibility index (Phi) is 18.7. The van der Waals surface area contributed by atoms with Crippen molar-refractivity contribution in [2.75, 3.05) is 20.2 Å². The Bertz CT molecular complexity index is 1460. The van der Waals surface area contributed by atoms with Gasteiger partial charge in [0.25, 0.3) is 0 Å². The summed E-state index contributed by atoms with van der Waals surface area (Å²) in [6.07, 6.45) is 15.7. The summed E-state index contributed by atoms with van der Waals surface area (Å²) in [4.78, 5) is 48.9. The number of hydrogen-bond acceptors (Lipinski definition) is 7. The molecule has 2 heterocycles. The lowest BCUT2D eigenvalue weighted by atomic mass is 10.1. The van der Waals surface area contributed by atoms with E-state index in [-0.39, 0.29) is 36.7 Å². The summed E-state index contributed by atoms with van der Waals surface area (Å²) in [7, 11) is 1.59. The van der Waals surface area contributed by atoms with E-state index in [4.69, 9.17) is 14.9 Å². The lowest BCUT2D eigenvalue weighted by molar-refractivity contribution is -0.138. The van der Waals surface area contributed by atoms with Crippen molar-refractivity contribution in [2.45, 2.75) is 114 Å². The number of carboxylic acids is 2. The van der Waals surface area contributed by atoms with Gasteiger partial charge in [0.15, 0.2) is 0 Å². The van der Waals surface area contributed by atoms with Crippen LogP contribution in [0.5, 0.6) is 5.75 Å². The van der Waals surface area contributed by atoms with E-state index in [1.54, 1.807) is 25.3 Å². The molecule has 0 spiro atoms. The second-order valence-corrected chi connectivity index (χ2v) is 13.3. The minimum Gasteiger partial charge on any atom is -0.497 e. The Morgan fingerprint density at radius 3 is 1.63 bits per heavy atom. The second-order valence-electron chi connectivity index (χ2n) is 13.3. The summed E-state index contributed by atoms with van der Waals surface area (Å²) in [5, 5.41) is 37.8. The molecule has 0 aromatic heterocycles. The third-order valence-electron chi connectivity index (χ3n) is 9.44. The van der Waals surface area contributed by atoms with Gasteiger partial charge in [0.1, 0.15) is 5.75 Å². The summed E-state index contributed by atoms with van der Waals surface area (Å²) in [5.74, 6) is -0.512. The molecule has 2 aliphatic heterocycles. The van der Waals surface area contributed by atoms with Gasteiger partial charge < -0.3 is 35.0 Å². The molecule has 0 bridgehead atoms. The number of unbranched alkanes of at least 4 members (excludes halogenated alkanes) is 6. The Morgan fingerprint density at radius 1 is 0.692 bits per heavy atom. The van der Waals surface area contributed by atoms with Crippen molar-refractivity contribution in [2.24, 2.45) is 0 Å². The van der Waals surface area contributed by atoms with Crippen LogP contribution >= 0.6 is 0 Å². The zero-order chi connectivity index (χ0) is 37.7. The van der Waals surface area contributed by atoms with Crippen molar-refractivity contribution in [3.05, 3.63) is 90.0 Å². The molecular weight excluding hydrogens is 664 g/mol. The summed E-state index contributed by atoms with van der Waals surface area (Å²) < 4.78 is 5.18. The largest absolute Gasteiger partial charge is 0.497 e. The first-order valence-electron chi connectivity index (χ1n) is 18.5. The van der Waals surface area contributed by atoms with E-state index in [9.17, 15) is 29.4 Å². The number of hydrogen-bond donors (Lipinski definition) is 4. The number of amides is 2. The zero-order valence-corrected chi connectivity index (χ0v) is 30.4. The monoisotopic (exact) mass is 720 g/mol. The zero-order valence-electron chi connectivity index (χ0n) is 30.4. The Morgan fingerprint density at radius 2 is 1.15 bits per heavy atom. The van der Waals surface area contributed by atoms with Crippen molar-refractivity contribution in [3.63, 3.8) is 0 Å². The topological polar surface area (TPSA) is 165 Å². The van der Waals surface area contributed by atoms with Crippen LogP contribution in [0.4, 0.5) is 0 Å². The van der Waals surface area contributed by atoms with Gasteiger partial charge in [-0.1, -0.05) is 92.5 Å². The number of carboxylic acid groups (broad SMARTS) is 2. The van der Waals surface area contributed by atoms with Gasteiger partial charge in [-0.15, -0.1) is 0 Å². The van der Waals surface area contributed by atoms with Gasteiger partial charge in [0.05, 0.1) is 31.4 Å². The highest BCUT2D eigenvalue weighted by Crippen LogP contribution is 2.25. The number of ether oxygens (including phenoxy) is 1. The molecule has 4 N–H and O–H groups in total. The number of likely N-dealkylation sites (tertiary alicyclic amines) is 2. The number of carbonyl (C=O) groups excluding carboxylic acids is 2. The Labute approximate surface area is 307 Å². The quantitative estimate of drug-likeness (QED) is 0.0820. The molecular formula is C41H56N2O9. The van der Waals surface area contributed by atoms with Gasteiger partial charge in [0.2, 0.25) is 11.8 Å². The maximum atomic E-state index is 12.1. The van der Waals surface area contributed by atoms with E-state index in [1.807, 2.05) is 70.5 Å². The molecule has 284 valence electrons. The summed E-state index contributed by atoms with van der Waals surface area (Å²) >= 11 is 0. The third-order valence-corrected chi connectivity index (χ3v) is 9.44. The number of aliphatic carboxylic acids is 2. The van der Waals surface area contributed by atoms with Crippen LogP contribution in [0, 0.1) is 0 Å². The molecule has 0 saturated carbocycles. The number of aliphatic hydroxyl groups is 2. The maximum absolute atomic E-state index is 12.1. The van der Waals surface area contributed by atoms with Gasteiger partial charge in [-0.05, 0) is 61.8 Å².